The molecule has 2 amide bonds. The molecular weight excluding hydrogens is 264 g/mol. The van der Waals surface area contributed by atoms with Crippen molar-refractivity contribution in [2.75, 3.05) is 16.9 Å². The number of nitrogens with one attached hydrogen (secondary N) is 1. The molecule has 5 nitrogen and oxygen atoms in total. The Morgan fingerprint density at radius 2 is 2.16 bits per heavy atom. The van der Waals surface area contributed by atoms with Gasteiger partial charge in [-0.1, -0.05) is 17.7 Å². The van der Waals surface area contributed by atoms with E-state index in [0.29, 0.717) is 11.6 Å². The minimum absolute atomic E-state index is 0.357. The number of carbonyl (C=O) groups excluding carboxylic acids is 1. The third kappa shape index (κ3) is 3.01. The lowest BCUT2D eigenvalue weighted by atomic mass is 10.1. The fraction of sp³-hybridized carbons (Fsp3) is 0.385. The van der Waals surface area contributed by atoms with Crippen molar-refractivity contribution in [2.24, 2.45) is 0 Å². The number of amides is 2. The SMILES string of the molecule is Cc1ccc(NC(=O)N2CSC[C@H]2C(=O)O)c(C)c1. The topological polar surface area (TPSA) is 69.6 Å². The lowest BCUT2D eigenvalue weighted by molar-refractivity contribution is -0.140. The van der Waals surface area contributed by atoms with E-state index in [0.717, 1.165) is 16.8 Å². The number of urea groups is 1. The Bertz CT molecular complexity index is 519. The number of rotatable bonds is 2. The predicted octanol–water partition coefficient (Wildman–Crippen LogP) is 2.29. The predicted molar refractivity (Wildman–Crippen MR) is 75.5 cm³/mol. The van der Waals surface area contributed by atoms with Gasteiger partial charge in [-0.3, -0.25) is 0 Å². The highest BCUT2D eigenvalue weighted by Crippen LogP contribution is 2.23. The average molecular weight is 280 g/mol. The van der Waals surface area contributed by atoms with Crippen LogP contribution in [-0.4, -0.2) is 39.7 Å². The second kappa shape index (κ2) is 5.52. The van der Waals surface area contributed by atoms with E-state index in [1.807, 2.05) is 32.0 Å². The number of thioether (sulfide) groups is 1. The van der Waals surface area contributed by atoms with Crippen LogP contribution >= 0.6 is 11.8 Å². The molecule has 1 aromatic rings. The van der Waals surface area contributed by atoms with Crippen LogP contribution in [0.1, 0.15) is 11.1 Å². The molecule has 2 N–H and O–H groups in total. The number of carboxylic acid groups (broad SMARTS) is 1. The van der Waals surface area contributed by atoms with Gasteiger partial charge in [0.1, 0.15) is 6.04 Å². The maximum absolute atomic E-state index is 12.1. The van der Waals surface area contributed by atoms with Crippen molar-refractivity contribution < 1.29 is 14.7 Å². The molecule has 1 aliphatic rings. The van der Waals surface area contributed by atoms with E-state index in [1.165, 1.54) is 16.7 Å². The Kier molecular flexibility index (Phi) is 3.99. The third-order valence-electron chi connectivity index (χ3n) is 3.05. The first-order valence-electron chi connectivity index (χ1n) is 5.94. The minimum atomic E-state index is -0.958. The van der Waals surface area contributed by atoms with Crippen LogP contribution in [0.4, 0.5) is 10.5 Å². The Morgan fingerprint density at radius 1 is 1.42 bits per heavy atom. The number of hydrogen-bond acceptors (Lipinski definition) is 3. The van der Waals surface area contributed by atoms with Crippen molar-refractivity contribution in [1.82, 2.24) is 4.90 Å². The van der Waals surface area contributed by atoms with Crippen LogP contribution < -0.4 is 5.32 Å². The summed E-state index contributed by atoms with van der Waals surface area (Å²) in [5, 5.41) is 11.8. The van der Waals surface area contributed by atoms with Crippen LogP contribution in [0.15, 0.2) is 18.2 Å². The normalized spacial score (nSPS) is 18.4. The van der Waals surface area contributed by atoms with Crippen molar-refractivity contribution in [1.29, 1.82) is 0 Å². The number of aliphatic carboxylic acids is 1. The van der Waals surface area contributed by atoms with E-state index in [9.17, 15) is 9.59 Å². The second-order valence-electron chi connectivity index (χ2n) is 4.57. The van der Waals surface area contributed by atoms with Gasteiger partial charge in [0.15, 0.2) is 0 Å². The molecule has 0 aliphatic carbocycles. The van der Waals surface area contributed by atoms with Crippen LogP contribution in [0.2, 0.25) is 0 Å². The fourth-order valence-electron chi connectivity index (χ4n) is 1.99. The Balaban J connectivity index is 2.10. The first-order chi connectivity index (χ1) is 8.99. The lowest BCUT2D eigenvalue weighted by Gasteiger charge is -2.21. The second-order valence-corrected chi connectivity index (χ2v) is 5.57. The fourth-order valence-corrected chi connectivity index (χ4v) is 3.13. The quantitative estimate of drug-likeness (QED) is 0.872. The molecular formula is C13H16N2O3S. The summed E-state index contributed by atoms with van der Waals surface area (Å²) in [6.45, 7) is 3.90. The van der Waals surface area contributed by atoms with Crippen LogP contribution in [0.3, 0.4) is 0 Å². The molecule has 1 aliphatic heterocycles. The highest BCUT2D eigenvalue weighted by atomic mass is 32.2. The molecule has 1 heterocycles. The van der Waals surface area contributed by atoms with Crippen molar-refractivity contribution in [2.45, 2.75) is 19.9 Å². The summed E-state index contributed by atoms with van der Waals surface area (Å²) in [7, 11) is 0. The van der Waals surface area contributed by atoms with Crippen LogP contribution in [0, 0.1) is 13.8 Å². The van der Waals surface area contributed by atoms with Crippen LogP contribution in [0.25, 0.3) is 0 Å². The van der Waals surface area contributed by atoms with Gasteiger partial charge in [0.05, 0.1) is 5.88 Å². The van der Waals surface area contributed by atoms with Gasteiger partial charge in [-0.2, -0.15) is 0 Å². The summed E-state index contributed by atoms with van der Waals surface area (Å²) in [4.78, 5) is 24.5. The zero-order chi connectivity index (χ0) is 14.0. The standard InChI is InChI=1S/C13H16N2O3S/c1-8-3-4-10(9(2)5-8)14-13(18)15-7-19-6-11(15)12(16)17/h3-5,11H,6-7H2,1-2H3,(H,14,18)(H,16,17)/t11-/m0/s1. The first-order valence-corrected chi connectivity index (χ1v) is 7.10. The molecule has 1 fully saturated rings. The van der Waals surface area contributed by atoms with Gasteiger partial charge in [-0.25, -0.2) is 9.59 Å². The summed E-state index contributed by atoms with van der Waals surface area (Å²) < 4.78 is 0. The molecule has 0 bridgehead atoms. The van der Waals surface area contributed by atoms with Gasteiger partial charge in [-0.15, -0.1) is 11.8 Å². The molecule has 6 heteroatoms. The van der Waals surface area contributed by atoms with Gasteiger partial charge >= 0.3 is 12.0 Å². The van der Waals surface area contributed by atoms with E-state index in [-0.39, 0.29) is 6.03 Å². The molecule has 0 aromatic heterocycles. The maximum atomic E-state index is 12.1. The summed E-state index contributed by atoms with van der Waals surface area (Å²) in [5.74, 6) is -0.107. The number of benzene rings is 1. The lowest BCUT2D eigenvalue weighted by Crippen LogP contribution is -2.44. The molecule has 0 spiro atoms. The van der Waals surface area contributed by atoms with Crippen molar-refractivity contribution in [3.63, 3.8) is 0 Å². The molecule has 1 aromatic carbocycles. The number of carboxylic acids is 1. The molecule has 2 rings (SSSR count). The van der Waals surface area contributed by atoms with Gasteiger partial charge in [0, 0.05) is 11.4 Å². The molecule has 1 atom stereocenters. The van der Waals surface area contributed by atoms with E-state index >= 15 is 0 Å². The first kappa shape index (κ1) is 13.7. The molecule has 0 unspecified atom stereocenters. The van der Waals surface area contributed by atoms with Gasteiger partial charge in [0.2, 0.25) is 0 Å². The van der Waals surface area contributed by atoms with Gasteiger partial charge in [-0.05, 0) is 25.5 Å². The molecule has 1 saturated heterocycles. The Morgan fingerprint density at radius 3 is 2.79 bits per heavy atom. The number of aryl methyl sites for hydroxylation is 2. The molecule has 0 radical (unpaired) electrons. The number of carbonyl (C=O) groups is 2. The molecule has 19 heavy (non-hydrogen) atoms. The monoisotopic (exact) mass is 280 g/mol. The van der Waals surface area contributed by atoms with Crippen molar-refractivity contribution in [3.05, 3.63) is 29.3 Å². The Labute approximate surface area is 116 Å². The molecule has 102 valence electrons. The number of hydrogen-bond donors (Lipinski definition) is 2. The van der Waals surface area contributed by atoms with Crippen molar-refractivity contribution >= 4 is 29.4 Å². The van der Waals surface area contributed by atoms with Crippen LogP contribution in [0.5, 0.6) is 0 Å². The summed E-state index contributed by atoms with van der Waals surface area (Å²) >= 11 is 1.45. The Hall–Kier alpha value is -1.69. The summed E-state index contributed by atoms with van der Waals surface area (Å²) in [5.41, 5.74) is 2.80. The summed E-state index contributed by atoms with van der Waals surface area (Å²) in [6, 6.07) is 4.63. The van der Waals surface area contributed by atoms with Gasteiger partial charge < -0.3 is 15.3 Å². The average Bonchev–Trinajstić information content (AvgIpc) is 2.82. The third-order valence-corrected chi connectivity index (χ3v) is 4.06. The number of anilines is 1. The number of nitrogens with zero attached hydrogens (tertiary/aromatic N) is 1. The van der Waals surface area contributed by atoms with E-state index < -0.39 is 12.0 Å². The zero-order valence-corrected chi connectivity index (χ0v) is 11.7. The van der Waals surface area contributed by atoms with Crippen LogP contribution in [-0.2, 0) is 4.79 Å². The van der Waals surface area contributed by atoms with Crippen molar-refractivity contribution in [3.8, 4) is 0 Å². The summed E-state index contributed by atoms with van der Waals surface area (Å²) in [6.07, 6.45) is 0. The minimum Gasteiger partial charge on any atom is -0.480 e. The van der Waals surface area contributed by atoms with E-state index in [4.69, 9.17) is 5.11 Å². The highest BCUT2D eigenvalue weighted by Gasteiger charge is 2.34. The smallest absolute Gasteiger partial charge is 0.327 e. The largest absolute Gasteiger partial charge is 0.480 e. The molecule has 0 saturated carbocycles. The van der Waals surface area contributed by atoms with E-state index in [1.54, 1.807) is 0 Å². The zero-order valence-electron chi connectivity index (χ0n) is 10.8. The van der Waals surface area contributed by atoms with E-state index in [2.05, 4.69) is 5.32 Å². The highest BCUT2D eigenvalue weighted by molar-refractivity contribution is 7.99. The maximum Gasteiger partial charge on any atom is 0.327 e. The van der Waals surface area contributed by atoms with Gasteiger partial charge in [0.25, 0.3) is 0 Å².